The fourth-order valence-electron chi connectivity index (χ4n) is 2.92. The lowest BCUT2D eigenvalue weighted by atomic mass is 10.1. The Morgan fingerprint density at radius 3 is 2.61 bits per heavy atom. The Labute approximate surface area is 135 Å². The Morgan fingerprint density at radius 2 is 1.96 bits per heavy atom. The van der Waals surface area contributed by atoms with Gasteiger partial charge < -0.3 is 9.63 Å². The average Bonchev–Trinajstić information content (AvgIpc) is 2.94. The maximum atomic E-state index is 13.2. The molecule has 0 spiro atoms. The summed E-state index contributed by atoms with van der Waals surface area (Å²) in [5.41, 5.74) is 1.58. The minimum Gasteiger partial charge on any atom is -0.387 e. The summed E-state index contributed by atoms with van der Waals surface area (Å²) in [5, 5.41) is 14.3. The van der Waals surface area contributed by atoms with Gasteiger partial charge in [-0.2, -0.15) is 0 Å². The van der Waals surface area contributed by atoms with Crippen molar-refractivity contribution in [2.24, 2.45) is 0 Å². The van der Waals surface area contributed by atoms with Gasteiger partial charge in [0.1, 0.15) is 11.6 Å². The molecule has 0 bridgehead atoms. The molecule has 0 radical (unpaired) electrons. The highest BCUT2D eigenvalue weighted by Gasteiger charge is 2.20. The molecule has 23 heavy (non-hydrogen) atoms. The van der Waals surface area contributed by atoms with Gasteiger partial charge in [-0.15, -0.1) is 0 Å². The summed E-state index contributed by atoms with van der Waals surface area (Å²) in [5.74, 6) is 0.520. The lowest BCUT2D eigenvalue weighted by molar-refractivity contribution is 0.0692. The number of aromatic nitrogens is 1. The fourth-order valence-corrected chi connectivity index (χ4v) is 2.92. The van der Waals surface area contributed by atoms with Crippen LogP contribution in [0.3, 0.4) is 0 Å². The van der Waals surface area contributed by atoms with E-state index in [1.165, 1.54) is 12.1 Å². The largest absolute Gasteiger partial charge is 0.387 e. The van der Waals surface area contributed by atoms with E-state index < -0.39 is 6.10 Å². The lowest BCUT2D eigenvalue weighted by Gasteiger charge is -2.35. The molecule has 0 aliphatic carbocycles. The van der Waals surface area contributed by atoms with Crippen molar-refractivity contribution in [2.75, 3.05) is 32.7 Å². The highest BCUT2D eigenvalue weighted by Crippen LogP contribution is 2.17. The van der Waals surface area contributed by atoms with E-state index in [2.05, 4.69) is 15.0 Å². The number of rotatable bonds is 5. The molecule has 0 unspecified atom stereocenters. The van der Waals surface area contributed by atoms with Crippen LogP contribution in [0.15, 0.2) is 34.9 Å². The van der Waals surface area contributed by atoms with Gasteiger partial charge in [0, 0.05) is 45.3 Å². The van der Waals surface area contributed by atoms with Gasteiger partial charge in [0.2, 0.25) is 0 Å². The Bertz CT molecular complexity index is 638. The third kappa shape index (κ3) is 4.37. The normalized spacial score (nSPS) is 18.2. The molecule has 1 aromatic heterocycles. The molecular formula is C17H22FN3O2. The SMILES string of the molecule is Cc1cc(CN2CCN(C[C@@H](O)c3cccc(F)c3)CC2)no1. The van der Waals surface area contributed by atoms with Crippen LogP contribution in [-0.2, 0) is 6.54 Å². The van der Waals surface area contributed by atoms with Gasteiger partial charge >= 0.3 is 0 Å². The summed E-state index contributed by atoms with van der Waals surface area (Å²) < 4.78 is 18.3. The topological polar surface area (TPSA) is 52.7 Å². The quantitative estimate of drug-likeness (QED) is 0.913. The first-order valence-corrected chi connectivity index (χ1v) is 7.90. The summed E-state index contributed by atoms with van der Waals surface area (Å²) in [7, 11) is 0. The second-order valence-corrected chi connectivity index (χ2v) is 6.08. The van der Waals surface area contributed by atoms with Gasteiger partial charge in [-0.05, 0) is 24.6 Å². The first-order chi connectivity index (χ1) is 11.1. The monoisotopic (exact) mass is 319 g/mol. The molecule has 5 nitrogen and oxygen atoms in total. The van der Waals surface area contributed by atoms with E-state index in [4.69, 9.17) is 4.52 Å². The molecular weight excluding hydrogens is 297 g/mol. The molecule has 1 saturated heterocycles. The lowest BCUT2D eigenvalue weighted by Crippen LogP contribution is -2.47. The second kappa shape index (κ2) is 7.21. The van der Waals surface area contributed by atoms with E-state index >= 15 is 0 Å². The molecule has 3 rings (SSSR count). The van der Waals surface area contributed by atoms with Gasteiger partial charge in [0.25, 0.3) is 0 Å². The first kappa shape index (κ1) is 16.1. The number of benzene rings is 1. The van der Waals surface area contributed by atoms with Crippen LogP contribution in [-0.4, -0.2) is 52.8 Å². The van der Waals surface area contributed by atoms with E-state index in [9.17, 15) is 9.50 Å². The number of β-amino-alcohol motifs (C(OH)–C–C–N with tert-alkyl or cyclic N) is 1. The smallest absolute Gasteiger partial charge is 0.133 e. The minimum absolute atomic E-state index is 0.311. The highest BCUT2D eigenvalue weighted by atomic mass is 19.1. The van der Waals surface area contributed by atoms with E-state index in [-0.39, 0.29) is 5.82 Å². The summed E-state index contributed by atoms with van der Waals surface area (Å²) >= 11 is 0. The first-order valence-electron chi connectivity index (χ1n) is 7.90. The zero-order valence-corrected chi connectivity index (χ0v) is 13.3. The molecule has 1 aliphatic rings. The van der Waals surface area contributed by atoms with Crippen molar-refractivity contribution >= 4 is 0 Å². The van der Waals surface area contributed by atoms with Crippen LogP contribution in [0.5, 0.6) is 0 Å². The van der Waals surface area contributed by atoms with Gasteiger partial charge in [-0.25, -0.2) is 4.39 Å². The van der Waals surface area contributed by atoms with Gasteiger partial charge in [0.15, 0.2) is 0 Å². The number of aliphatic hydroxyl groups excluding tert-OH is 1. The maximum absolute atomic E-state index is 13.2. The van der Waals surface area contributed by atoms with Crippen LogP contribution in [0, 0.1) is 12.7 Å². The summed E-state index contributed by atoms with van der Waals surface area (Å²) in [6.07, 6.45) is -0.657. The zero-order valence-electron chi connectivity index (χ0n) is 13.3. The number of aryl methyl sites for hydroxylation is 1. The number of hydrogen-bond donors (Lipinski definition) is 1. The second-order valence-electron chi connectivity index (χ2n) is 6.08. The standard InChI is InChI=1S/C17H22FN3O2/c1-13-9-16(19-23-13)11-20-5-7-21(8-6-20)12-17(22)14-3-2-4-15(18)10-14/h2-4,9-10,17,22H,5-8,11-12H2,1H3/t17-/m1/s1. The predicted molar refractivity (Wildman–Crippen MR) is 84.3 cm³/mol. The third-order valence-electron chi connectivity index (χ3n) is 4.19. The van der Waals surface area contributed by atoms with Crippen molar-refractivity contribution in [3.63, 3.8) is 0 Å². The molecule has 1 aliphatic heterocycles. The van der Waals surface area contributed by atoms with Crippen LogP contribution < -0.4 is 0 Å². The summed E-state index contributed by atoms with van der Waals surface area (Å²) in [6.45, 7) is 6.80. The van der Waals surface area contributed by atoms with E-state index in [0.717, 1.165) is 44.2 Å². The van der Waals surface area contributed by atoms with Crippen molar-refractivity contribution < 1.29 is 14.0 Å². The van der Waals surface area contributed by atoms with Crippen LogP contribution in [0.25, 0.3) is 0 Å². The predicted octanol–water partition coefficient (Wildman–Crippen LogP) is 1.97. The van der Waals surface area contributed by atoms with Crippen LogP contribution in [0.2, 0.25) is 0 Å². The van der Waals surface area contributed by atoms with Gasteiger partial charge in [-0.3, -0.25) is 9.80 Å². The molecule has 124 valence electrons. The van der Waals surface area contributed by atoms with Crippen molar-refractivity contribution in [2.45, 2.75) is 19.6 Å². The average molecular weight is 319 g/mol. The maximum Gasteiger partial charge on any atom is 0.133 e. The molecule has 1 N–H and O–H groups in total. The number of aliphatic hydroxyl groups is 1. The molecule has 1 atom stereocenters. The van der Waals surface area contributed by atoms with E-state index in [1.54, 1.807) is 12.1 Å². The van der Waals surface area contributed by atoms with Crippen molar-refractivity contribution in [1.82, 2.24) is 15.0 Å². The van der Waals surface area contributed by atoms with Crippen molar-refractivity contribution in [3.8, 4) is 0 Å². The third-order valence-corrected chi connectivity index (χ3v) is 4.19. The number of nitrogens with zero attached hydrogens (tertiary/aromatic N) is 3. The molecule has 2 heterocycles. The minimum atomic E-state index is -0.657. The molecule has 1 aromatic carbocycles. The molecule has 2 aromatic rings. The number of piperazine rings is 1. The summed E-state index contributed by atoms with van der Waals surface area (Å²) in [4.78, 5) is 4.53. The Balaban J connectivity index is 1.47. The molecule has 0 saturated carbocycles. The Kier molecular flexibility index (Phi) is 5.05. The number of hydrogen-bond acceptors (Lipinski definition) is 5. The van der Waals surface area contributed by atoms with Crippen molar-refractivity contribution in [3.05, 3.63) is 53.2 Å². The van der Waals surface area contributed by atoms with Crippen LogP contribution >= 0.6 is 0 Å². The van der Waals surface area contributed by atoms with E-state index in [1.807, 2.05) is 13.0 Å². The van der Waals surface area contributed by atoms with Crippen LogP contribution in [0.1, 0.15) is 23.1 Å². The molecule has 1 fully saturated rings. The number of halogens is 1. The zero-order chi connectivity index (χ0) is 16.2. The van der Waals surface area contributed by atoms with Crippen LogP contribution in [0.4, 0.5) is 4.39 Å². The summed E-state index contributed by atoms with van der Waals surface area (Å²) in [6, 6.07) is 8.14. The fraction of sp³-hybridized carbons (Fsp3) is 0.471. The molecule has 0 amide bonds. The van der Waals surface area contributed by atoms with E-state index in [0.29, 0.717) is 12.1 Å². The molecule has 6 heteroatoms. The highest BCUT2D eigenvalue weighted by molar-refractivity contribution is 5.19. The van der Waals surface area contributed by atoms with Crippen molar-refractivity contribution in [1.29, 1.82) is 0 Å². The Hall–Kier alpha value is -1.76. The Morgan fingerprint density at radius 1 is 1.22 bits per heavy atom. The van der Waals surface area contributed by atoms with Gasteiger partial charge in [-0.1, -0.05) is 17.3 Å². The van der Waals surface area contributed by atoms with Gasteiger partial charge in [0.05, 0.1) is 11.8 Å².